The topological polar surface area (TPSA) is 0 Å². The van der Waals surface area contributed by atoms with Crippen LogP contribution in [0.3, 0.4) is 0 Å². The lowest BCUT2D eigenvalue weighted by molar-refractivity contribution is 0.819. The van der Waals surface area contributed by atoms with Gasteiger partial charge in [0.05, 0.1) is 0 Å². The van der Waals surface area contributed by atoms with E-state index >= 15 is 0 Å². The van der Waals surface area contributed by atoms with Gasteiger partial charge in [0.25, 0.3) is 0 Å². The predicted octanol–water partition coefficient (Wildman–Crippen LogP) is 15.5. The van der Waals surface area contributed by atoms with Gasteiger partial charge in [-0.2, -0.15) is 0 Å². The lowest BCUT2D eigenvalue weighted by Gasteiger charge is -1.90. The highest BCUT2D eigenvalue weighted by Crippen LogP contribution is 1.96. The zero-order chi connectivity index (χ0) is 33.6. The third kappa shape index (κ3) is 197. The quantitative estimate of drug-likeness (QED) is 0.259. The number of rotatable bonds is 8. The molecule has 0 aliphatic rings. The molecule has 0 bridgehead atoms. The highest BCUT2D eigenvalue weighted by atomic mass is 13.9. The average molecular weight is 561 g/mol. The average Bonchev–Trinajstić information content (AvgIpc) is 2.92. The first kappa shape index (κ1) is 57.7. The lowest BCUT2D eigenvalue weighted by Crippen LogP contribution is -1.75. The molecule has 0 N–H and O–H groups in total. The Hall–Kier alpha value is -2.08. The molecule has 0 aromatic carbocycles. The molecule has 0 saturated carbocycles. The molecule has 0 atom stereocenters. The SMILES string of the molecule is C/C=C/C.C/C=C/CC.C=C.C=CC(C)C.C=CCCC.CC=C(C)C.CCC/C=C/C(C)C.CCC=C(C)C. The molecule has 0 amide bonds. The molecule has 240 valence electrons. The molecular weight excluding hydrogens is 480 g/mol. The van der Waals surface area contributed by atoms with Crippen molar-refractivity contribution in [3.05, 3.63) is 98.2 Å². The standard InChI is InChI=1S/C8H16.C6H12.4C5H10.C4H8.C2H4/c1-4-5-6-7-8(2)3;1-4-5-6(2)3;2*1-4-5(2)3;2*1-3-5-4-2;1-3-4-2;1-2/h6-8H,4-5H2,1-3H3;5H,4H2,1-3H3;4H,1-3H3;4-5H,1H2,2-3H3;3,5H,4H2,1-2H3;3H,1,4-5H2,2H3;3-4H,1-2H3;1-2H2/b7-6+;;;;5-3+;;4-3+;. The van der Waals surface area contributed by atoms with Gasteiger partial charge in [-0.25, -0.2) is 0 Å². The van der Waals surface area contributed by atoms with Crippen LogP contribution in [0, 0.1) is 11.8 Å². The molecule has 0 nitrogen and oxygen atoms in total. The van der Waals surface area contributed by atoms with E-state index in [1.165, 1.54) is 36.8 Å². The maximum Gasteiger partial charge on any atom is -0.0290 e. The van der Waals surface area contributed by atoms with Crippen molar-refractivity contribution in [3.63, 3.8) is 0 Å². The zero-order valence-corrected chi connectivity index (χ0v) is 31.0. The van der Waals surface area contributed by atoms with Gasteiger partial charge < -0.3 is 0 Å². The van der Waals surface area contributed by atoms with Gasteiger partial charge in [-0.05, 0) is 92.9 Å². The molecule has 0 heterocycles. The number of unbranched alkanes of at least 4 members (excludes halogenated alkanes) is 2. The first-order valence-electron chi connectivity index (χ1n) is 15.6. The van der Waals surface area contributed by atoms with Crippen molar-refractivity contribution in [3.8, 4) is 0 Å². The summed E-state index contributed by atoms with van der Waals surface area (Å²) in [5.74, 6) is 1.37. The predicted molar refractivity (Wildman–Crippen MR) is 201 cm³/mol. The fraction of sp³-hybridized carbons (Fsp3) is 0.600. The van der Waals surface area contributed by atoms with Crippen LogP contribution in [0.25, 0.3) is 0 Å². The highest BCUT2D eigenvalue weighted by Gasteiger charge is 1.80. The molecular formula is C40H80. The van der Waals surface area contributed by atoms with E-state index in [0.29, 0.717) is 5.92 Å². The second kappa shape index (κ2) is 70.9. The van der Waals surface area contributed by atoms with E-state index in [1.807, 2.05) is 52.0 Å². The van der Waals surface area contributed by atoms with Crippen LogP contribution in [-0.2, 0) is 0 Å². The Kier molecular flexibility index (Phi) is 102. The summed E-state index contributed by atoms with van der Waals surface area (Å²) in [6.45, 7) is 46.8. The molecule has 40 heavy (non-hydrogen) atoms. The van der Waals surface area contributed by atoms with Gasteiger partial charge in [0.1, 0.15) is 0 Å². The monoisotopic (exact) mass is 561 g/mol. The van der Waals surface area contributed by atoms with Crippen molar-refractivity contribution in [1.29, 1.82) is 0 Å². The lowest BCUT2D eigenvalue weighted by atomic mass is 10.2. The molecule has 0 fully saturated rings. The van der Waals surface area contributed by atoms with Crippen LogP contribution in [-0.4, -0.2) is 0 Å². The van der Waals surface area contributed by atoms with Crippen molar-refractivity contribution < 1.29 is 0 Å². The summed E-state index contributed by atoms with van der Waals surface area (Å²) in [6, 6.07) is 0. The van der Waals surface area contributed by atoms with E-state index in [-0.39, 0.29) is 0 Å². The minimum Gasteiger partial charge on any atom is -0.106 e. The Labute approximate surface area is 258 Å². The molecule has 0 radical (unpaired) electrons. The molecule has 0 aromatic rings. The van der Waals surface area contributed by atoms with Crippen molar-refractivity contribution in [2.24, 2.45) is 11.8 Å². The Morgan fingerprint density at radius 3 is 1.07 bits per heavy atom. The largest absolute Gasteiger partial charge is 0.106 e. The van der Waals surface area contributed by atoms with Gasteiger partial charge in [-0.3, -0.25) is 0 Å². The molecule has 0 heteroatoms. The molecule has 0 aliphatic heterocycles. The van der Waals surface area contributed by atoms with Gasteiger partial charge >= 0.3 is 0 Å². The van der Waals surface area contributed by atoms with E-state index in [0.717, 1.165) is 18.8 Å². The Balaban J connectivity index is -0.0000000497. The van der Waals surface area contributed by atoms with E-state index < -0.39 is 0 Å². The fourth-order valence-electron chi connectivity index (χ4n) is 1.38. The highest BCUT2D eigenvalue weighted by molar-refractivity contribution is 4.91. The summed E-state index contributed by atoms with van der Waals surface area (Å²) in [5.41, 5.74) is 2.79. The summed E-state index contributed by atoms with van der Waals surface area (Å²) < 4.78 is 0. The minimum atomic E-state index is 0.648. The van der Waals surface area contributed by atoms with Crippen LogP contribution in [0.15, 0.2) is 98.2 Å². The van der Waals surface area contributed by atoms with Gasteiger partial charge in [0, 0.05) is 0 Å². The summed E-state index contributed by atoms with van der Waals surface area (Å²) in [6.07, 6.45) is 28.0. The molecule has 0 rings (SSSR count). The minimum absolute atomic E-state index is 0.648. The van der Waals surface area contributed by atoms with Gasteiger partial charge in [0.2, 0.25) is 0 Å². The van der Waals surface area contributed by atoms with Gasteiger partial charge in [0.15, 0.2) is 0 Å². The summed E-state index contributed by atoms with van der Waals surface area (Å²) in [4.78, 5) is 0. The van der Waals surface area contributed by atoms with Crippen LogP contribution in [0.4, 0.5) is 0 Å². The van der Waals surface area contributed by atoms with E-state index in [4.69, 9.17) is 0 Å². The van der Waals surface area contributed by atoms with Crippen LogP contribution in [0.5, 0.6) is 0 Å². The van der Waals surface area contributed by atoms with E-state index in [9.17, 15) is 0 Å². The molecule has 0 unspecified atom stereocenters. The second-order valence-corrected chi connectivity index (χ2v) is 9.72. The second-order valence-electron chi connectivity index (χ2n) is 9.72. The smallest absolute Gasteiger partial charge is 0.0290 e. The maximum absolute atomic E-state index is 3.56. The summed E-state index contributed by atoms with van der Waals surface area (Å²) >= 11 is 0. The number of allylic oxidation sites excluding steroid dienone is 12. The first-order valence-corrected chi connectivity index (χ1v) is 15.6. The number of hydrogen-bond acceptors (Lipinski definition) is 0. The van der Waals surface area contributed by atoms with E-state index in [1.54, 1.807) is 0 Å². The summed E-state index contributed by atoms with van der Waals surface area (Å²) in [7, 11) is 0. The maximum atomic E-state index is 3.56. The van der Waals surface area contributed by atoms with Crippen molar-refractivity contribution >= 4 is 0 Å². The van der Waals surface area contributed by atoms with Crippen molar-refractivity contribution in [2.75, 3.05) is 0 Å². The van der Waals surface area contributed by atoms with Crippen LogP contribution in [0.1, 0.15) is 149 Å². The van der Waals surface area contributed by atoms with Crippen molar-refractivity contribution in [1.82, 2.24) is 0 Å². The number of hydrogen-bond donors (Lipinski definition) is 0. The first-order chi connectivity index (χ1) is 18.8. The van der Waals surface area contributed by atoms with Crippen molar-refractivity contribution in [2.45, 2.75) is 149 Å². The summed E-state index contributed by atoms with van der Waals surface area (Å²) in [5, 5.41) is 0. The molecule has 0 aromatic heterocycles. The van der Waals surface area contributed by atoms with Crippen LogP contribution >= 0.6 is 0 Å². The Morgan fingerprint density at radius 2 is 1.00 bits per heavy atom. The van der Waals surface area contributed by atoms with Crippen LogP contribution < -0.4 is 0 Å². The third-order valence-electron chi connectivity index (χ3n) is 3.93. The fourth-order valence-corrected chi connectivity index (χ4v) is 1.38. The Bertz CT molecular complexity index is 520. The van der Waals surface area contributed by atoms with E-state index in [2.05, 4.69) is 146 Å². The van der Waals surface area contributed by atoms with Gasteiger partial charge in [-0.1, -0.05) is 140 Å². The Morgan fingerprint density at radius 1 is 0.600 bits per heavy atom. The molecule has 0 spiro atoms. The van der Waals surface area contributed by atoms with Crippen LogP contribution in [0.2, 0.25) is 0 Å². The zero-order valence-electron chi connectivity index (χ0n) is 31.0. The third-order valence-corrected chi connectivity index (χ3v) is 3.93. The van der Waals surface area contributed by atoms with Gasteiger partial charge in [-0.15, -0.1) is 26.3 Å². The molecule has 0 saturated heterocycles. The molecule has 0 aliphatic carbocycles. The normalized spacial score (nSPS) is 8.65.